The second-order valence-corrected chi connectivity index (χ2v) is 9.76. The monoisotopic (exact) mass is 379 g/mol. The minimum Gasteiger partial charge on any atom is -0.462 e. The molecule has 1 heterocycles. The smallest absolute Gasteiger partial charge is 0.341 e. The molecule has 2 rings (SSSR count). The van der Waals surface area contributed by atoms with E-state index in [2.05, 4.69) is 33.0 Å². The van der Waals surface area contributed by atoms with Gasteiger partial charge in [-0.15, -0.1) is 11.3 Å². The van der Waals surface area contributed by atoms with E-state index in [1.807, 2.05) is 6.07 Å². The highest BCUT2D eigenvalue weighted by molar-refractivity contribution is 7.16. The molecule has 0 spiro atoms. The van der Waals surface area contributed by atoms with Crippen molar-refractivity contribution in [3.05, 3.63) is 16.5 Å². The number of rotatable bonds is 7. The van der Waals surface area contributed by atoms with Crippen LogP contribution in [-0.4, -0.2) is 18.5 Å². The largest absolute Gasteiger partial charge is 0.462 e. The zero-order chi connectivity index (χ0) is 19.3. The summed E-state index contributed by atoms with van der Waals surface area (Å²) in [6, 6.07) is 1.91. The number of amides is 1. The summed E-state index contributed by atoms with van der Waals surface area (Å²) >= 11 is 1.52. The van der Waals surface area contributed by atoms with Gasteiger partial charge >= 0.3 is 5.97 Å². The SMILES string of the molecule is CCOC(=O)c1cc([C@@H](C)CC(C)(C)C)sc1NC(=O)CC1CCCC1. The normalized spacial score (nSPS) is 16.5. The molecule has 1 aromatic heterocycles. The molecule has 1 amide bonds. The Bertz CT molecular complexity index is 624. The van der Waals surface area contributed by atoms with E-state index in [-0.39, 0.29) is 17.3 Å². The molecular formula is C21H33NO3S. The number of nitrogens with one attached hydrogen (secondary N) is 1. The van der Waals surface area contributed by atoms with Gasteiger partial charge in [-0.3, -0.25) is 4.79 Å². The maximum absolute atomic E-state index is 12.5. The number of hydrogen-bond donors (Lipinski definition) is 1. The molecule has 4 nitrogen and oxygen atoms in total. The van der Waals surface area contributed by atoms with E-state index in [1.165, 1.54) is 24.2 Å². The fourth-order valence-electron chi connectivity index (χ4n) is 3.78. The van der Waals surface area contributed by atoms with Crippen LogP contribution in [-0.2, 0) is 9.53 Å². The molecule has 0 bridgehead atoms. The van der Waals surface area contributed by atoms with E-state index in [9.17, 15) is 9.59 Å². The number of carbonyl (C=O) groups is 2. The van der Waals surface area contributed by atoms with Gasteiger partial charge in [-0.2, -0.15) is 0 Å². The average Bonchev–Trinajstić information content (AvgIpc) is 3.15. The van der Waals surface area contributed by atoms with Gasteiger partial charge in [0, 0.05) is 11.3 Å². The van der Waals surface area contributed by atoms with Crippen molar-refractivity contribution in [1.82, 2.24) is 0 Å². The summed E-state index contributed by atoms with van der Waals surface area (Å²) in [6.45, 7) is 11.0. The minimum atomic E-state index is -0.353. The highest BCUT2D eigenvalue weighted by atomic mass is 32.1. The Kier molecular flexibility index (Phi) is 7.27. The number of esters is 1. The van der Waals surface area contributed by atoms with Crippen molar-refractivity contribution in [2.45, 2.75) is 79.1 Å². The predicted octanol–water partition coefficient (Wildman–Crippen LogP) is 5.98. The molecule has 0 aromatic carbocycles. The van der Waals surface area contributed by atoms with Crippen molar-refractivity contribution in [2.24, 2.45) is 11.3 Å². The van der Waals surface area contributed by atoms with Crippen LogP contribution in [0.25, 0.3) is 0 Å². The first-order valence-corrected chi connectivity index (χ1v) is 10.6. The predicted molar refractivity (Wildman–Crippen MR) is 108 cm³/mol. The first-order chi connectivity index (χ1) is 12.2. The Hall–Kier alpha value is -1.36. The van der Waals surface area contributed by atoms with E-state index >= 15 is 0 Å². The van der Waals surface area contributed by atoms with Crippen LogP contribution in [0.5, 0.6) is 0 Å². The standard InChI is InChI=1S/C21H33NO3S/c1-6-25-20(24)16-12-17(14(2)13-21(3,4)5)26-19(16)22-18(23)11-15-9-7-8-10-15/h12,14-15H,6-11,13H2,1-5H3,(H,22,23)/t14-/m0/s1. The maximum Gasteiger partial charge on any atom is 0.341 e. The molecule has 1 fully saturated rings. The summed E-state index contributed by atoms with van der Waals surface area (Å²) in [6.07, 6.45) is 6.28. The number of ether oxygens (including phenoxy) is 1. The van der Waals surface area contributed by atoms with Gasteiger partial charge in [-0.05, 0) is 49.5 Å². The molecular weight excluding hydrogens is 346 g/mol. The van der Waals surface area contributed by atoms with Gasteiger partial charge in [-0.1, -0.05) is 40.5 Å². The molecule has 1 aromatic rings. The highest BCUT2D eigenvalue weighted by Crippen LogP contribution is 2.39. The number of thiophene rings is 1. The molecule has 1 saturated carbocycles. The van der Waals surface area contributed by atoms with Gasteiger partial charge in [0.2, 0.25) is 5.91 Å². The molecule has 1 N–H and O–H groups in total. The third-order valence-electron chi connectivity index (χ3n) is 4.85. The van der Waals surface area contributed by atoms with Crippen molar-refractivity contribution in [2.75, 3.05) is 11.9 Å². The molecule has 0 aliphatic heterocycles. The second kappa shape index (κ2) is 9.03. The van der Waals surface area contributed by atoms with Crippen molar-refractivity contribution < 1.29 is 14.3 Å². The second-order valence-electron chi connectivity index (χ2n) is 8.68. The molecule has 1 atom stereocenters. The lowest BCUT2D eigenvalue weighted by Crippen LogP contribution is -2.16. The quantitative estimate of drug-likeness (QED) is 0.593. The van der Waals surface area contributed by atoms with Crippen molar-refractivity contribution in [3.63, 3.8) is 0 Å². The summed E-state index contributed by atoms with van der Waals surface area (Å²) < 4.78 is 5.19. The Morgan fingerprint density at radius 1 is 1.31 bits per heavy atom. The van der Waals surface area contributed by atoms with Gasteiger partial charge in [0.25, 0.3) is 0 Å². The molecule has 0 unspecified atom stereocenters. The lowest BCUT2D eigenvalue weighted by Gasteiger charge is -2.22. The average molecular weight is 380 g/mol. The summed E-state index contributed by atoms with van der Waals surface area (Å²) in [7, 11) is 0. The van der Waals surface area contributed by atoms with Gasteiger partial charge in [0.1, 0.15) is 5.00 Å². The highest BCUT2D eigenvalue weighted by Gasteiger charge is 2.25. The van der Waals surface area contributed by atoms with Gasteiger partial charge in [0.05, 0.1) is 12.2 Å². The molecule has 146 valence electrons. The fraction of sp³-hybridized carbons (Fsp3) is 0.714. The van der Waals surface area contributed by atoms with E-state index < -0.39 is 0 Å². The molecule has 0 saturated heterocycles. The summed E-state index contributed by atoms with van der Waals surface area (Å²) in [5, 5.41) is 3.63. The molecule has 26 heavy (non-hydrogen) atoms. The first kappa shape index (κ1) is 20.9. The Balaban J connectivity index is 2.15. The van der Waals surface area contributed by atoms with E-state index in [0.29, 0.717) is 35.4 Å². The Labute approximate surface area is 161 Å². The third kappa shape index (κ3) is 6.11. The van der Waals surface area contributed by atoms with Crippen LogP contribution in [0.3, 0.4) is 0 Å². The first-order valence-electron chi connectivity index (χ1n) is 9.80. The third-order valence-corrected chi connectivity index (χ3v) is 6.13. The number of carbonyl (C=O) groups excluding carboxylic acids is 2. The maximum atomic E-state index is 12.5. The van der Waals surface area contributed by atoms with Crippen LogP contribution in [0.15, 0.2) is 6.07 Å². The van der Waals surface area contributed by atoms with Gasteiger partial charge in [0.15, 0.2) is 0 Å². The van der Waals surface area contributed by atoms with Crippen LogP contribution in [0.2, 0.25) is 0 Å². The van der Waals surface area contributed by atoms with Gasteiger partial charge in [-0.25, -0.2) is 4.79 Å². The molecule has 1 aliphatic rings. The van der Waals surface area contributed by atoms with Crippen LogP contribution >= 0.6 is 11.3 Å². The van der Waals surface area contributed by atoms with Crippen molar-refractivity contribution in [3.8, 4) is 0 Å². The molecule has 5 heteroatoms. The van der Waals surface area contributed by atoms with Crippen LogP contribution in [0.4, 0.5) is 5.00 Å². The van der Waals surface area contributed by atoms with E-state index in [0.717, 1.165) is 24.1 Å². The topological polar surface area (TPSA) is 55.4 Å². The molecule has 1 aliphatic carbocycles. The fourth-order valence-corrected chi connectivity index (χ4v) is 4.89. The van der Waals surface area contributed by atoms with E-state index in [4.69, 9.17) is 4.74 Å². The Morgan fingerprint density at radius 3 is 2.54 bits per heavy atom. The van der Waals surface area contributed by atoms with Crippen LogP contribution < -0.4 is 5.32 Å². The zero-order valence-electron chi connectivity index (χ0n) is 16.8. The van der Waals surface area contributed by atoms with Gasteiger partial charge < -0.3 is 10.1 Å². The summed E-state index contributed by atoms with van der Waals surface area (Å²) in [4.78, 5) is 25.9. The van der Waals surface area contributed by atoms with Crippen molar-refractivity contribution >= 4 is 28.2 Å². The number of anilines is 1. The molecule has 0 radical (unpaired) electrons. The van der Waals surface area contributed by atoms with Crippen molar-refractivity contribution in [1.29, 1.82) is 0 Å². The summed E-state index contributed by atoms with van der Waals surface area (Å²) in [5.41, 5.74) is 0.701. The lowest BCUT2D eigenvalue weighted by atomic mass is 9.85. The number of hydrogen-bond acceptors (Lipinski definition) is 4. The zero-order valence-corrected chi connectivity index (χ0v) is 17.6. The van der Waals surface area contributed by atoms with E-state index in [1.54, 1.807) is 6.92 Å². The van der Waals surface area contributed by atoms with Crippen LogP contribution in [0, 0.1) is 11.3 Å². The summed E-state index contributed by atoms with van der Waals surface area (Å²) in [5.74, 6) is 0.474. The minimum absolute atomic E-state index is 0.0133. The lowest BCUT2D eigenvalue weighted by molar-refractivity contribution is -0.117. The van der Waals surface area contributed by atoms with Crippen LogP contribution in [0.1, 0.15) is 94.3 Å². The Morgan fingerprint density at radius 2 is 1.96 bits per heavy atom.